The zero-order valence-corrected chi connectivity index (χ0v) is 14.5. The van der Waals surface area contributed by atoms with E-state index in [1.165, 1.54) is 12.1 Å². The number of nitrogens with two attached hydrogens (primary N) is 1. The van der Waals surface area contributed by atoms with E-state index >= 15 is 0 Å². The molecule has 0 aliphatic carbocycles. The third-order valence-corrected chi connectivity index (χ3v) is 3.79. The molecule has 0 aliphatic heterocycles. The average Bonchev–Trinajstić information content (AvgIpc) is 2.62. The molecule has 0 bridgehead atoms. The molecule has 2 aromatic rings. The second-order valence-corrected chi connectivity index (χ2v) is 5.80. The van der Waals surface area contributed by atoms with Gasteiger partial charge in [0.2, 0.25) is 5.91 Å². The fraction of sp³-hybridized carbons (Fsp3) is 0.263. The summed E-state index contributed by atoms with van der Waals surface area (Å²) in [5.41, 5.74) is 6.83. The molecule has 1 atom stereocenters. The van der Waals surface area contributed by atoms with Gasteiger partial charge in [0.05, 0.1) is 12.5 Å². The number of benzene rings is 2. The van der Waals surface area contributed by atoms with Crippen LogP contribution in [0.3, 0.4) is 0 Å². The Hall–Kier alpha value is -3.16. The number of ether oxygens (including phenoxy) is 1. The van der Waals surface area contributed by atoms with Crippen molar-refractivity contribution in [3.05, 3.63) is 65.7 Å². The van der Waals surface area contributed by atoms with E-state index in [0.29, 0.717) is 13.0 Å². The van der Waals surface area contributed by atoms with E-state index in [1.807, 2.05) is 18.2 Å². The maximum Gasteiger partial charge on any atom is 0.387 e. The number of hydrogen-bond donors (Lipinski definition) is 3. The topological polar surface area (TPSA) is 93.5 Å². The van der Waals surface area contributed by atoms with Crippen molar-refractivity contribution in [1.82, 2.24) is 10.6 Å². The van der Waals surface area contributed by atoms with Gasteiger partial charge in [-0.3, -0.25) is 4.79 Å². The Bertz CT molecular complexity index is 740. The number of nitrogens with one attached hydrogen (secondary N) is 2. The van der Waals surface area contributed by atoms with Gasteiger partial charge in [-0.05, 0) is 29.7 Å². The smallest absolute Gasteiger partial charge is 0.387 e. The number of rotatable bonds is 9. The standard InChI is InChI=1S/C19H21F2N3O3/c20-18(21)27-15-8-6-13(7-9-15)10-11-23-17(25)12-16(24-19(22)26)14-4-2-1-3-5-14/h1-9,16,18H,10-12H2,(H,23,25)(H3,22,24,26). The third kappa shape index (κ3) is 7.31. The Kier molecular flexibility index (Phi) is 7.54. The lowest BCUT2D eigenvalue weighted by Gasteiger charge is -2.17. The van der Waals surface area contributed by atoms with Gasteiger partial charge in [-0.2, -0.15) is 8.78 Å². The van der Waals surface area contributed by atoms with Crippen LogP contribution in [-0.4, -0.2) is 25.1 Å². The first-order chi connectivity index (χ1) is 12.9. The fourth-order valence-electron chi connectivity index (χ4n) is 2.55. The van der Waals surface area contributed by atoms with Crippen molar-refractivity contribution < 1.29 is 23.1 Å². The van der Waals surface area contributed by atoms with Crippen LogP contribution >= 0.6 is 0 Å². The maximum absolute atomic E-state index is 12.2. The Morgan fingerprint density at radius 3 is 2.30 bits per heavy atom. The van der Waals surface area contributed by atoms with Gasteiger partial charge in [-0.25, -0.2) is 4.79 Å². The molecule has 0 heterocycles. The zero-order valence-electron chi connectivity index (χ0n) is 14.5. The van der Waals surface area contributed by atoms with Crippen LogP contribution in [0.5, 0.6) is 5.75 Å². The number of amides is 3. The fourth-order valence-corrected chi connectivity index (χ4v) is 2.55. The molecule has 6 nitrogen and oxygen atoms in total. The first-order valence-electron chi connectivity index (χ1n) is 8.35. The third-order valence-electron chi connectivity index (χ3n) is 3.79. The van der Waals surface area contributed by atoms with E-state index in [4.69, 9.17) is 5.73 Å². The molecule has 27 heavy (non-hydrogen) atoms. The van der Waals surface area contributed by atoms with E-state index in [0.717, 1.165) is 11.1 Å². The van der Waals surface area contributed by atoms with Crippen molar-refractivity contribution in [3.8, 4) is 5.75 Å². The molecular formula is C19H21F2N3O3. The summed E-state index contributed by atoms with van der Waals surface area (Å²) in [5.74, 6) is -0.156. The molecule has 2 aromatic carbocycles. The quantitative estimate of drug-likeness (QED) is 0.627. The normalized spacial score (nSPS) is 11.7. The Morgan fingerprint density at radius 2 is 1.70 bits per heavy atom. The van der Waals surface area contributed by atoms with Crippen molar-refractivity contribution in [1.29, 1.82) is 0 Å². The summed E-state index contributed by atoms with van der Waals surface area (Å²) in [6.07, 6.45) is 0.577. The summed E-state index contributed by atoms with van der Waals surface area (Å²) >= 11 is 0. The van der Waals surface area contributed by atoms with Crippen molar-refractivity contribution in [3.63, 3.8) is 0 Å². The van der Waals surface area contributed by atoms with Crippen LogP contribution in [0.4, 0.5) is 13.6 Å². The average molecular weight is 377 g/mol. The lowest BCUT2D eigenvalue weighted by atomic mass is 10.0. The first kappa shape index (κ1) is 20.2. The number of urea groups is 1. The highest BCUT2D eigenvalue weighted by atomic mass is 19.3. The van der Waals surface area contributed by atoms with Crippen molar-refractivity contribution in [2.24, 2.45) is 5.73 Å². The van der Waals surface area contributed by atoms with E-state index in [-0.39, 0.29) is 18.1 Å². The minimum absolute atomic E-state index is 0.0497. The van der Waals surface area contributed by atoms with Gasteiger partial charge >= 0.3 is 12.6 Å². The Balaban J connectivity index is 1.82. The number of halogens is 2. The predicted octanol–water partition coefficient (Wildman–Crippen LogP) is 2.75. The van der Waals surface area contributed by atoms with Crippen molar-refractivity contribution >= 4 is 11.9 Å². The molecular weight excluding hydrogens is 356 g/mol. The van der Waals surface area contributed by atoms with E-state index in [1.54, 1.807) is 24.3 Å². The molecule has 0 saturated carbocycles. The van der Waals surface area contributed by atoms with Gasteiger partial charge in [0.25, 0.3) is 0 Å². The highest BCUT2D eigenvalue weighted by Gasteiger charge is 2.17. The van der Waals surface area contributed by atoms with E-state index in [9.17, 15) is 18.4 Å². The number of alkyl halides is 2. The van der Waals surface area contributed by atoms with Gasteiger partial charge < -0.3 is 21.1 Å². The molecule has 0 spiro atoms. The summed E-state index contributed by atoms with van der Waals surface area (Å²) in [6.45, 7) is -2.49. The number of hydrogen-bond acceptors (Lipinski definition) is 3. The van der Waals surface area contributed by atoms with Crippen LogP contribution in [0, 0.1) is 0 Å². The molecule has 2 rings (SSSR count). The minimum atomic E-state index is -2.86. The van der Waals surface area contributed by atoms with Crippen LogP contribution in [-0.2, 0) is 11.2 Å². The summed E-state index contributed by atoms with van der Waals surface area (Å²) in [7, 11) is 0. The number of carbonyl (C=O) groups excluding carboxylic acids is 2. The zero-order chi connectivity index (χ0) is 19.6. The highest BCUT2D eigenvalue weighted by Crippen LogP contribution is 2.17. The molecule has 0 aromatic heterocycles. The molecule has 1 unspecified atom stereocenters. The monoisotopic (exact) mass is 377 g/mol. The maximum atomic E-state index is 12.2. The molecule has 4 N–H and O–H groups in total. The second kappa shape index (κ2) is 10.1. The molecule has 0 radical (unpaired) electrons. The van der Waals surface area contributed by atoms with Gasteiger partial charge in [-0.15, -0.1) is 0 Å². The summed E-state index contributed by atoms with van der Waals surface area (Å²) in [5, 5.41) is 5.33. The number of primary amides is 1. The minimum Gasteiger partial charge on any atom is -0.435 e. The molecule has 8 heteroatoms. The lowest BCUT2D eigenvalue weighted by Crippen LogP contribution is -2.37. The van der Waals surface area contributed by atoms with Crippen LogP contribution in [0.25, 0.3) is 0 Å². The van der Waals surface area contributed by atoms with Crippen LogP contribution in [0.2, 0.25) is 0 Å². The molecule has 0 fully saturated rings. The summed E-state index contributed by atoms with van der Waals surface area (Å²) in [4.78, 5) is 23.3. The summed E-state index contributed by atoms with van der Waals surface area (Å²) in [6, 6.07) is 14.1. The van der Waals surface area contributed by atoms with Gasteiger partial charge in [0.1, 0.15) is 5.75 Å². The largest absolute Gasteiger partial charge is 0.435 e. The Labute approximate surface area is 155 Å². The van der Waals surface area contributed by atoms with Crippen molar-refractivity contribution in [2.45, 2.75) is 25.5 Å². The second-order valence-electron chi connectivity index (χ2n) is 5.80. The molecule has 0 aliphatic rings. The molecule has 0 saturated heterocycles. The van der Waals surface area contributed by atoms with E-state index < -0.39 is 18.7 Å². The van der Waals surface area contributed by atoms with Crippen LogP contribution < -0.4 is 21.1 Å². The molecule has 3 amide bonds. The van der Waals surface area contributed by atoms with Gasteiger partial charge in [0.15, 0.2) is 0 Å². The van der Waals surface area contributed by atoms with Gasteiger partial charge in [-0.1, -0.05) is 42.5 Å². The van der Waals surface area contributed by atoms with Crippen LogP contribution in [0.1, 0.15) is 23.6 Å². The van der Waals surface area contributed by atoms with Crippen LogP contribution in [0.15, 0.2) is 54.6 Å². The highest BCUT2D eigenvalue weighted by molar-refractivity contribution is 5.78. The predicted molar refractivity (Wildman–Crippen MR) is 96.3 cm³/mol. The number of carbonyl (C=O) groups is 2. The Morgan fingerprint density at radius 1 is 1.04 bits per heavy atom. The first-order valence-corrected chi connectivity index (χ1v) is 8.35. The van der Waals surface area contributed by atoms with Crippen molar-refractivity contribution in [2.75, 3.05) is 6.54 Å². The SMILES string of the molecule is NC(=O)NC(CC(=O)NCCc1ccc(OC(F)F)cc1)c1ccccc1. The lowest BCUT2D eigenvalue weighted by molar-refractivity contribution is -0.121. The molecule has 144 valence electrons. The summed E-state index contributed by atoms with van der Waals surface area (Å²) < 4.78 is 28.5. The van der Waals surface area contributed by atoms with E-state index in [2.05, 4.69) is 15.4 Å². The van der Waals surface area contributed by atoms with Gasteiger partial charge in [0, 0.05) is 6.54 Å².